The van der Waals surface area contributed by atoms with Crippen LogP contribution < -0.4 is 4.90 Å². The normalized spacial score (nSPS) is 18.7. The molecule has 23 heavy (non-hydrogen) atoms. The molecule has 0 aromatic carbocycles. The highest BCUT2D eigenvalue weighted by Gasteiger charge is 2.37. The molecule has 1 aliphatic rings. The number of aliphatic carboxylic acids is 1. The highest BCUT2D eigenvalue weighted by Crippen LogP contribution is 2.20. The Morgan fingerprint density at radius 3 is 2.65 bits per heavy atom. The van der Waals surface area contributed by atoms with Crippen LogP contribution in [0.3, 0.4) is 0 Å². The van der Waals surface area contributed by atoms with Crippen LogP contribution >= 0.6 is 11.6 Å². The van der Waals surface area contributed by atoms with E-state index in [0.29, 0.717) is 6.54 Å². The monoisotopic (exact) mass is 342 g/mol. The first-order valence-electron chi connectivity index (χ1n) is 7.13. The minimum Gasteiger partial charge on any atom is -0.480 e. The summed E-state index contributed by atoms with van der Waals surface area (Å²) in [6.45, 7) is 5.85. The van der Waals surface area contributed by atoms with Crippen molar-refractivity contribution >= 4 is 29.6 Å². The lowest BCUT2D eigenvalue weighted by molar-refractivity contribution is -0.139. The summed E-state index contributed by atoms with van der Waals surface area (Å²) in [5.41, 5.74) is -0.636. The highest BCUT2D eigenvalue weighted by atomic mass is 35.5. The van der Waals surface area contributed by atoms with Crippen LogP contribution in [0, 0.1) is 0 Å². The molecule has 1 aromatic rings. The molecular weight excluding hydrogens is 324 g/mol. The van der Waals surface area contributed by atoms with E-state index in [9.17, 15) is 14.7 Å². The maximum atomic E-state index is 12.1. The number of carbonyl (C=O) groups is 2. The average molecular weight is 343 g/mol. The standard InChI is InChI=1S/C14H19ClN4O4/c1-14(2,3)23-13(22)18-6-7-19(9(8-18)11(20)21)12-16-5-4-10(15)17-12/h4-5,9H,6-8H2,1-3H3,(H,20,21)/t9-/m0/s1. The molecule has 1 aromatic heterocycles. The van der Waals surface area contributed by atoms with Gasteiger partial charge < -0.3 is 19.6 Å². The molecule has 9 heteroatoms. The summed E-state index contributed by atoms with van der Waals surface area (Å²) in [6.07, 6.45) is 0.930. The molecule has 0 bridgehead atoms. The summed E-state index contributed by atoms with van der Waals surface area (Å²) >= 11 is 5.83. The van der Waals surface area contributed by atoms with Gasteiger partial charge in [0.15, 0.2) is 0 Å². The Bertz CT molecular complexity index is 605. The van der Waals surface area contributed by atoms with Gasteiger partial charge in [0.05, 0.1) is 6.54 Å². The van der Waals surface area contributed by atoms with E-state index in [2.05, 4.69) is 9.97 Å². The van der Waals surface area contributed by atoms with Gasteiger partial charge in [-0.15, -0.1) is 0 Å². The summed E-state index contributed by atoms with van der Waals surface area (Å²) in [5, 5.41) is 9.69. The van der Waals surface area contributed by atoms with E-state index >= 15 is 0 Å². The molecule has 2 heterocycles. The topological polar surface area (TPSA) is 95.9 Å². The van der Waals surface area contributed by atoms with E-state index < -0.39 is 23.7 Å². The smallest absolute Gasteiger partial charge is 0.410 e. The van der Waals surface area contributed by atoms with E-state index in [1.54, 1.807) is 20.8 Å². The predicted octanol–water partition coefficient (Wildman–Crippen LogP) is 1.64. The molecule has 0 saturated carbocycles. The molecule has 1 saturated heterocycles. The summed E-state index contributed by atoms with van der Waals surface area (Å²) in [7, 11) is 0. The third kappa shape index (κ3) is 4.44. The van der Waals surface area contributed by atoms with Crippen molar-refractivity contribution in [3.8, 4) is 0 Å². The number of hydrogen-bond donors (Lipinski definition) is 1. The summed E-state index contributed by atoms with van der Waals surface area (Å²) in [6, 6.07) is 0.548. The van der Waals surface area contributed by atoms with Crippen LogP contribution in [0.25, 0.3) is 0 Å². The van der Waals surface area contributed by atoms with Crippen LogP contribution in [0.4, 0.5) is 10.7 Å². The van der Waals surface area contributed by atoms with Crippen molar-refractivity contribution in [1.82, 2.24) is 14.9 Å². The summed E-state index contributed by atoms with van der Waals surface area (Å²) < 4.78 is 5.29. The first-order chi connectivity index (χ1) is 10.7. The molecule has 1 N–H and O–H groups in total. The third-order valence-corrected chi connectivity index (χ3v) is 3.39. The fraction of sp³-hybridized carbons (Fsp3) is 0.571. The number of halogens is 1. The number of carboxylic acids is 1. The average Bonchev–Trinajstić information content (AvgIpc) is 2.44. The molecular formula is C14H19ClN4O4. The number of rotatable bonds is 2. The zero-order valence-electron chi connectivity index (χ0n) is 13.2. The maximum Gasteiger partial charge on any atom is 0.410 e. The Morgan fingerprint density at radius 2 is 2.09 bits per heavy atom. The van der Waals surface area contributed by atoms with Crippen LogP contribution in [0.2, 0.25) is 5.15 Å². The Labute approximate surface area is 139 Å². The lowest BCUT2D eigenvalue weighted by Gasteiger charge is -2.39. The van der Waals surface area contributed by atoms with Crippen molar-refractivity contribution in [2.45, 2.75) is 32.4 Å². The molecule has 0 aliphatic carbocycles. The minimum absolute atomic E-state index is 0.0138. The number of anilines is 1. The van der Waals surface area contributed by atoms with Crippen LogP contribution in [0.5, 0.6) is 0 Å². The van der Waals surface area contributed by atoms with Crippen molar-refractivity contribution in [3.63, 3.8) is 0 Å². The van der Waals surface area contributed by atoms with Gasteiger partial charge in [0.1, 0.15) is 16.8 Å². The number of carbonyl (C=O) groups excluding carboxylic acids is 1. The first kappa shape index (κ1) is 17.3. The number of nitrogens with zero attached hydrogens (tertiary/aromatic N) is 4. The van der Waals surface area contributed by atoms with E-state index in [4.69, 9.17) is 16.3 Å². The minimum atomic E-state index is -1.07. The van der Waals surface area contributed by atoms with Crippen molar-refractivity contribution in [2.24, 2.45) is 0 Å². The molecule has 2 rings (SSSR count). The van der Waals surface area contributed by atoms with E-state index in [1.807, 2.05) is 0 Å². The lowest BCUT2D eigenvalue weighted by atomic mass is 10.1. The molecule has 8 nitrogen and oxygen atoms in total. The van der Waals surface area contributed by atoms with Gasteiger partial charge in [0.25, 0.3) is 0 Å². The Balaban J connectivity index is 2.15. The zero-order chi connectivity index (χ0) is 17.2. The molecule has 126 valence electrons. The van der Waals surface area contributed by atoms with Crippen molar-refractivity contribution in [2.75, 3.05) is 24.5 Å². The second-order valence-electron chi connectivity index (χ2n) is 6.15. The largest absolute Gasteiger partial charge is 0.480 e. The number of carboxylic acid groups (broad SMARTS) is 1. The first-order valence-corrected chi connectivity index (χ1v) is 7.51. The SMILES string of the molecule is CC(C)(C)OC(=O)N1CCN(c2nccc(Cl)n2)[C@H](C(=O)O)C1. The van der Waals surface area contributed by atoms with Crippen LogP contribution in [-0.4, -0.2) is 63.3 Å². The number of piperazine rings is 1. The van der Waals surface area contributed by atoms with Gasteiger partial charge in [-0.25, -0.2) is 19.6 Å². The molecule has 0 radical (unpaired) electrons. The third-order valence-electron chi connectivity index (χ3n) is 3.18. The van der Waals surface area contributed by atoms with Gasteiger partial charge in [-0.3, -0.25) is 0 Å². The molecule has 1 fully saturated rings. The van der Waals surface area contributed by atoms with Gasteiger partial charge in [0.2, 0.25) is 5.95 Å². The van der Waals surface area contributed by atoms with Crippen LogP contribution in [0.1, 0.15) is 20.8 Å². The Hall–Kier alpha value is -2.09. The second-order valence-corrected chi connectivity index (χ2v) is 6.54. The number of ether oxygens (including phenoxy) is 1. The highest BCUT2D eigenvalue weighted by molar-refractivity contribution is 6.29. The molecule has 1 atom stereocenters. The van der Waals surface area contributed by atoms with E-state index in [1.165, 1.54) is 22.1 Å². The van der Waals surface area contributed by atoms with Gasteiger partial charge in [0, 0.05) is 19.3 Å². The summed E-state index contributed by atoms with van der Waals surface area (Å²) in [4.78, 5) is 34.7. The van der Waals surface area contributed by atoms with Gasteiger partial charge in [-0.1, -0.05) is 11.6 Å². The lowest BCUT2D eigenvalue weighted by Crippen LogP contribution is -2.59. The molecule has 0 spiro atoms. The molecule has 1 amide bonds. The van der Waals surface area contributed by atoms with E-state index in [-0.39, 0.29) is 24.2 Å². The Kier molecular flexibility index (Phi) is 4.93. The van der Waals surface area contributed by atoms with Crippen molar-refractivity contribution in [1.29, 1.82) is 0 Å². The number of amides is 1. The quantitative estimate of drug-likeness (QED) is 0.816. The molecule has 0 unspecified atom stereocenters. The zero-order valence-corrected chi connectivity index (χ0v) is 13.9. The van der Waals surface area contributed by atoms with Gasteiger partial charge in [-0.2, -0.15) is 0 Å². The van der Waals surface area contributed by atoms with Crippen molar-refractivity contribution in [3.05, 3.63) is 17.4 Å². The van der Waals surface area contributed by atoms with Gasteiger partial charge in [-0.05, 0) is 26.8 Å². The Morgan fingerprint density at radius 1 is 1.39 bits per heavy atom. The van der Waals surface area contributed by atoms with Crippen LogP contribution in [0.15, 0.2) is 12.3 Å². The summed E-state index contributed by atoms with van der Waals surface area (Å²) in [5.74, 6) is -0.837. The predicted molar refractivity (Wildman–Crippen MR) is 83.6 cm³/mol. The van der Waals surface area contributed by atoms with Crippen LogP contribution in [-0.2, 0) is 9.53 Å². The van der Waals surface area contributed by atoms with E-state index in [0.717, 1.165) is 0 Å². The number of aromatic nitrogens is 2. The second kappa shape index (κ2) is 6.57. The molecule has 1 aliphatic heterocycles. The fourth-order valence-electron chi connectivity index (χ4n) is 2.19. The van der Waals surface area contributed by atoms with Gasteiger partial charge >= 0.3 is 12.1 Å². The number of hydrogen-bond acceptors (Lipinski definition) is 6. The fourth-order valence-corrected chi connectivity index (χ4v) is 2.32. The van der Waals surface area contributed by atoms with Crippen molar-refractivity contribution < 1.29 is 19.4 Å². The maximum absolute atomic E-state index is 12.1.